The van der Waals surface area contributed by atoms with Gasteiger partial charge in [0.25, 0.3) is 0 Å². The number of benzene rings is 1. The van der Waals surface area contributed by atoms with E-state index in [2.05, 4.69) is 4.74 Å². The number of esters is 1. The molecule has 1 aliphatic rings. The van der Waals surface area contributed by atoms with Crippen molar-refractivity contribution in [2.45, 2.75) is 38.1 Å². The van der Waals surface area contributed by atoms with Crippen LogP contribution in [0, 0.1) is 5.82 Å². The standard InChI is InChI=1S/C17H22FNO4/c1-22-15-9-5-8-14(18)13(15)10-16(20)19(11-17(21)23-2)12-6-3-4-7-12/h5,8-9,12H,3-4,6-7,10-11H2,1-2H3. The molecule has 0 atom stereocenters. The summed E-state index contributed by atoms with van der Waals surface area (Å²) in [5, 5.41) is 0. The highest BCUT2D eigenvalue weighted by atomic mass is 19.1. The Hall–Kier alpha value is -2.11. The van der Waals surface area contributed by atoms with Crippen LogP contribution in [0.3, 0.4) is 0 Å². The molecule has 1 fully saturated rings. The second-order valence-electron chi connectivity index (χ2n) is 5.63. The summed E-state index contributed by atoms with van der Waals surface area (Å²) in [7, 11) is 2.73. The van der Waals surface area contributed by atoms with E-state index >= 15 is 0 Å². The van der Waals surface area contributed by atoms with Gasteiger partial charge in [0.05, 0.1) is 20.6 Å². The first-order valence-electron chi connectivity index (χ1n) is 7.74. The van der Waals surface area contributed by atoms with E-state index in [1.54, 1.807) is 6.07 Å². The Morgan fingerprint density at radius 1 is 1.26 bits per heavy atom. The van der Waals surface area contributed by atoms with Gasteiger partial charge in [0.1, 0.15) is 18.1 Å². The fourth-order valence-electron chi connectivity index (χ4n) is 2.99. The van der Waals surface area contributed by atoms with Gasteiger partial charge in [-0.15, -0.1) is 0 Å². The van der Waals surface area contributed by atoms with Gasteiger partial charge in [0.15, 0.2) is 0 Å². The maximum Gasteiger partial charge on any atom is 0.325 e. The molecule has 23 heavy (non-hydrogen) atoms. The Bertz CT molecular complexity index is 570. The number of hydrogen-bond donors (Lipinski definition) is 0. The fraction of sp³-hybridized carbons (Fsp3) is 0.529. The molecular formula is C17H22FNO4. The molecule has 2 rings (SSSR count). The Kier molecular flexibility index (Phi) is 5.96. The quantitative estimate of drug-likeness (QED) is 0.754. The molecule has 0 radical (unpaired) electrons. The second kappa shape index (κ2) is 7.94. The van der Waals surface area contributed by atoms with Gasteiger partial charge in [-0.3, -0.25) is 9.59 Å². The predicted octanol–water partition coefficient (Wildman–Crippen LogP) is 2.32. The van der Waals surface area contributed by atoms with Crippen LogP contribution in [0.4, 0.5) is 4.39 Å². The van der Waals surface area contributed by atoms with Gasteiger partial charge < -0.3 is 14.4 Å². The molecule has 0 heterocycles. The molecule has 0 saturated heterocycles. The lowest BCUT2D eigenvalue weighted by molar-refractivity contribution is -0.148. The molecule has 5 nitrogen and oxygen atoms in total. The number of ether oxygens (including phenoxy) is 2. The third kappa shape index (κ3) is 4.21. The molecule has 126 valence electrons. The first-order valence-corrected chi connectivity index (χ1v) is 7.74. The topological polar surface area (TPSA) is 55.8 Å². The van der Waals surface area contributed by atoms with Crippen molar-refractivity contribution in [1.82, 2.24) is 4.90 Å². The summed E-state index contributed by atoms with van der Waals surface area (Å²) in [6.07, 6.45) is 3.63. The van der Waals surface area contributed by atoms with Crippen LogP contribution in [0.5, 0.6) is 5.75 Å². The summed E-state index contributed by atoms with van der Waals surface area (Å²) >= 11 is 0. The summed E-state index contributed by atoms with van der Waals surface area (Å²) < 4.78 is 23.8. The van der Waals surface area contributed by atoms with Crippen molar-refractivity contribution in [2.75, 3.05) is 20.8 Å². The number of rotatable bonds is 6. The molecule has 0 aliphatic heterocycles. The number of hydrogen-bond acceptors (Lipinski definition) is 4. The lowest BCUT2D eigenvalue weighted by atomic mass is 10.1. The van der Waals surface area contributed by atoms with E-state index in [1.807, 2.05) is 0 Å². The van der Waals surface area contributed by atoms with E-state index in [0.29, 0.717) is 5.75 Å². The minimum Gasteiger partial charge on any atom is -0.496 e. The fourth-order valence-corrected chi connectivity index (χ4v) is 2.99. The van der Waals surface area contributed by atoms with Gasteiger partial charge in [-0.1, -0.05) is 18.9 Å². The van der Waals surface area contributed by atoms with Gasteiger partial charge in [-0.05, 0) is 25.0 Å². The van der Waals surface area contributed by atoms with Crippen LogP contribution in [0.1, 0.15) is 31.2 Å². The van der Waals surface area contributed by atoms with Crippen molar-refractivity contribution < 1.29 is 23.5 Å². The Labute approximate surface area is 135 Å². The van der Waals surface area contributed by atoms with Crippen LogP contribution in [0.15, 0.2) is 18.2 Å². The van der Waals surface area contributed by atoms with Gasteiger partial charge in [0.2, 0.25) is 5.91 Å². The van der Waals surface area contributed by atoms with Crippen molar-refractivity contribution >= 4 is 11.9 Å². The molecule has 0 aromatic heterocycles. The zero-order valence-electron chi connectivity index (χ0n) is 13.5. The first kappa shape index (κ1) is 17.2. The number of carbonyl (C=O) groups excluding carboxylic acids is 2. The molecule has 1 saturated carbocycles. The van der Waals surface area contributed by atoms with Crippen molar-refractivity contribution in [2.24, 2.45) is 0 Å². The van der Waals surface area contributed by atoms with Crippen molar-refractivity contribution in [3.05, 3.63) is 29.6 Å². The van der Waals surface area contributed by atoms with Crippen LogP contribution in [0.2, 0.25) is 0 Å². The average molecular weight is 323 g/mol. The number of nitrogens with zero attached hydrogens (tertiary/aromatic N) is 1. The highest BCUT2D eigenvalue weighted by Gasteiger charge is 2.29. The molecule has 0 N–H and O–H groups in total. The van der Waals surface area contributed by atoms with Gasteiger partial charge in [0, 0.05) is 11.6 Å². The zero-order valence-corrected chi connectivity index (χ0v) is 13.5. The maximum atomic E-state index is 14.0. The average Bonchev–Trinajstić information content (AvgIpc) is 3.08. The zero-order chi connectivity index (χ0) is 16.8. The molecule has 0 unspecified atom stereocenters. The molecule has 1 aromatic carbocycles. The molecule has 1 amide bonds. The number of amides is 1. The third-order valence-corrected chi connectivity index (χ3v) is 4.24. The smallest absolute Gasteiger partial charge is 0.325 e. The lowest BCUT2D eigenvalue weighted by Crippen LogP contribution is -2.43. The summed E-state index contributed by atoms with van der Waals surface area (Å²) in [5.41, 5.74) is 0.216. The van der Waals surface area contributed by atoms with Gasteiger partial charge >= 0.3 is 5.97 Å². The van der Waals surface area contributed by atoms with Crippen molar-refractivity contribution in [3.63, 3.8) is 0 Å². The highest BCUT2D eigenvalue weighted by molar-refractivity contribution is 5.84. The monoisotopic (exact) mass is 323 g/mol. The summed E-state index contributed by atoms with van der Waals surface area (Å²) in [4.78, 5) is 25.8. The normalized spacial score (nSPS) is 14.6. The molecule has 1 aliphatic carbocycles. The molecule has 0 spiro atoms. The highest BCUT2D eigenvalue weighted by Crippen LogP contribution is 2.26. The van der Waals surface area contributed by atoms with E-state index in [4.69, 9.17) is 4.74 Å². The minimum atomic E-state index is -0.484. The van der Waals surface area contributed by atoms with E-state index in [-0.39, 0.29) is 30.5 Å². The Morgan fingerprint density at radius 3 is 2.57 bits per heavy atom. The van der Waals surface area contributed by atoms with E-state index in [9.17, 15) is 14.0 Å². The van der Waals surface area contributed by atoms with E-state index in [1.165, 1.54) is 31.3 Å². The SMILES string of the molecule is COC(=O)CN(C(=O)Cc1c(F)cccc1OC)C1CCCC1. The van der Waals surface area contributed by atoms with Crippen LogP contribution >= 0.6 is 0 Å². The molecule has 0 bridgehead atoms. The van der Waals surface area contributed by atoms with Crippen molar-refractivity contribution in [1.29, 1.82) is 0 Å². The Morgan fingerprint density at radius 2 is 1.96 bits per heavy atom. The second-order valence-corrected chi connectivity index (χ2v) is 5.63. The van der Waals surface area contributed by atoms with E-state index in [0.717, 1.165) is 25.7 Å². The molecule has 1 aromatic rings. The summed E-state index contributed by atoms with van der Waals surface area (Å²) in [6, 6.07) is 4.46. The molecular weight excluding hydrogens is 301 g/mol. The predicted molar refractivity (Wildman–Crippen MR) is 82.6 cm³/mol. The van der Waals surface area contributed by atoms with Crippen LogP contribution in [-0.4, -0.2) is 43.6 Å². The van der Waals surface area contributed by atoms with Crippen LogP contribution < -0.4 is 4.74 Å². The summed E-state index contributed by atoms with van der Waals surface area (Å²) in [5.74, 6) is -0.902. The third-order valence-electron chi connectivity index (χ3n) is 4.24. The maximum absolute atomic E-state index is 14.0. The van der Waals surface area contributed by atoms with Gasteiger partial charge in [-0.25, -0.2) is 4.39 Å². The van der Waals surface area contributed by atoms with Crippen LogP contribution in [-0.2, 0) is 20.7 Å². The van der Waals surface area contributed by atoms with Crippen LogP contribution in [0.25, 0.3) is 0 Å². The molecule has 6 heteroatoms. The lowest BCUT2D eigenvalue weighted by Gasteiger charge is -2.28. The van der Waals surface area contributed by atoms with Crippen molar-refractivity contribution in [3.8, 4) is 5.75 Å². The minimum absolute atomic E-state index is 0.0133. The number of halogens is 1. The number of carbonyl (C=O) groups is 2. The van der Waals surface area contributed by atoms with E-state index < -0.39 is 11.8 Å². The Balaban J connectivity index is 2.18. The first-order chi connectivity index (χ1) is 11.1. The largest absolute Gasteiger partial charge is 0.496 e. The van der Waals surface area contributed by atoms with Gasteiger partial charge in [-0.2, -0.15) is 0 Å². The number of methoxy groups -OCH3 is 2. The summed E-state index contributed by atoms with van der Waals surface area (Å²) in [6.45, 7) is -0.100.